The minimum atomic E-state index is -0.582. The number of amides is 2. The molecule has 3 rings (SSSR count). The lowest BCUT2D eigenvalue weighted by Crippen LogP contribution is -2.41. The maximum Gasteiger partial charge on any atom is 0.238 e. The molecule has 1 aliphatic rings. The molecule has 0 spiro atoms. The van der Waals surface area contributed by atoms with E-state index in [4.69, 9.17) is 0 Å². The maximum absolute atomic E-state index is 12.4. The molecule has 138 valence electrons. The average molecular weight is 382 g/mol. The number of benzene rings is 2. The van der Waals surface area contributed by atoms with E-state index in [1.807, 2.05) is 18.2 Å². The number of carbonyl (C=O) groups excluding carboxylic acids is 2. The lowest BCUT2D eigenvalue weighted by Gasteiger charge is -2.21. The molecule has 0 radical (unpaired) electrons. The second-order valence-electron chi connectivity index (χ2n) is 5.85. The summed E-state index contributed by atoms with van der Waals surface area (Å²) >= 11 is 1.16. The molecule has 8 heteroatoms. The Balaban J connectivity index is 1.69. The van der Waals surface area contributed by atoms with Gasteiger partial charge in [0.25, 0.3) is 0 Å². The van der Waals surface area contributed by atoms with Crippen molar-refractivity contribution in [1.82, 2.24) is 5.32 Å². The Morgan fingerprint density at radius 2 is 1.89 bits per heavy atom. The summed E-state index contributed by atoms with van der Waals surface area (Å²) in [6.07, 6.45) is 0.0724. The van der Waals surface area contributed by atoms with E-state index in [0.29, 0.717) is 11.4 Å². The van der Waals surface area contributed by atoms with Gasteiger partial charge in [-0.2, -0.15) is 5.10 Å². The minimum Gasteiger partial charge on any atom is -0.508 e. The summed E-state index contributed by atoms with van der Waals surface area (Å²) in [4.78, 5) is 24.4. The Morgan fingerprint density at radius 1 is 1.19 bits per heavy atom. The van der Waals surface area contributed by atoms with Crippen molar-refractivity contribution in [2.75, 3.05) is 5.32 Å². The first-order chi connectivity index (χ1) is 13.0. The van der Waals surface area contributed by atoms with Crippen LogP contribution in [0.2, 0.25) is 0 Å². The van der Waals surface area contributed by atoms with E-state index in [1.165, 1.54) is 0 Å². The summed E-state index contributed by atoms with van der Waals surface area (Å²) in [5.74, 6) is -0.369. The van der Waals surface area contributed by atoms with Gasteiger partial charge >= 0.3 is 0 Å². The third-order valence-corrected chi connectivity index (χ3v) is 4.85. The van der Waals surface area contributed by atoms with Gasteiger partial charge in [-0.25, -0.2) is 0 Å². The van der Waals surface area contributed by atoms with Crippen LogP contribution < -0.4 is 10.6 Å². The molecular formula is C19H18N4O3S. The molecule has 0 aliphatic carbocycles. The number of anilines is 1. The lowest BCUT2D eigenvalue weighted by atomic mass is 10.1. The summed E-state index contributed by atoms with van der Waals surface area (Å²) in [6.45, 7) is 1.77. The van der Waals surface area contributed by atoms with Gasteiger partial charge in [0.1, 0.15) is 11.0 Å². The molecule has 7 nitrogen and oxygen atoms in total. The molecule has 2 aromatic carbocycles. The zero-order valence-corrected chi connectivity index (χ0v) is 15.4. The second kappa shape index (κ2) is 8.50. The molecule has 0 saturated carbocycles. The fourth-order valence-corrected chi connectivity index (χ4v) is 3.30. The fraction of sp³-hybridized carbons (Fsp3) is 0.158. The molecule has 2 amide bonds. The summed E-state index contributed by atoms with van der Waals surface area (Å²) in [5, 5.41) is 22.6. The Hall–Kier alpha value is -3.13. The van der Waals surface area contributed by atoms with Gasteiger partial charge in [0.05, 0.1) is 5.71 Å². The summed E-state index contributed by atoms with van der Waals surface area (Å²) in [7, 11) is 0. The zero-order chi connectivity index (χ0) is 19.2. The molecule has 0 bridgehead atoms. The Kier molecular flexibility index (Phi) is 5.87. The second-order valence-corrected chi connectivity index (χ2v) is 7.04. The molecule has 3 N–H and O–H groups in total. The lowest BCUT2D eigenvalue weighted by molar-refractivity contribution is -0.123. The van der Waals surface area contributed by atoms with E-state index >= 15 is 0 Å². The number of rotatable bonds is 4. The number of nitrogens with zero attached hydrogens (tertiary/aromatic N) is 2. The first-order valence-electron chi connectivity index (χ1n) is 8.25. The van der Waals surface area contributed by atoms with Crippen molar-refractivity contribution in [3.8, 4) is 5.75 Å². The number of amidine groups is 1. The molecule has 1 fully saturated rings. The van der Waals surface area contributed by atoms with Gasteiger partial charge in [0.2, 0.25) is 11.8 Å². The van der Waals surface area contributed by atoms with Gasteiger partial charge in [-0.15, -0.1) is 5.10 Å². The van der Waals surface area contributed by atoms with E-state index < -0.39 is 5.25 Å². The van der Waals surface area contributed by atoms with Crippen molar-refractivity contribution >= 4 is 40.1 Å². The van der Waals surface area contributed by atoms with Gasteiger partial charge < -0.3 is 15.7 Å². The molecule has 1 saturated heterocycles. The molecule has 0 aromatic heterocycles. The number of phenols is 1. The van der Waals surface area contributed by atoms with Gasteiger partial charge in [-0.1, -0.05) is 30.0 Å². The topological polar surface area (TPSA) is 103 Å². The fourth-order valence-electron chi connectivity index (χ4n) is 2.36. The minimum absolute atomic E-state index is 0.0724. The first-order valence-corrected chi connectivity index (χ1v) is 9.13. The van der Waals surface area contributed by atoms with Crippen LogP contribution in [0.1, 0.15) is 18.9 Å². The normalized spacial score (nSPS) is 18.9. The van der Waals surface area contributed by atoms with Crippen molar-refractivity contribution < 1.29 is 14.7 Å². The van der Waals surface area contributed by atoms with Gasteiger partial charge in [-0.3, -0.25) is 9.59 Å². The van der Waals surface area contributed by atoms with Crippen LogP contribution in [-0.2, 0) is 9.59 Å². The Bertz CT molecular complexity index is 895. The Morgan fingerprint density at radius 3 is 2.59 bits per heavy atom. The smallest absolute Gasteiger partial charge is 0.238 e. The molecule has 1 unspecified atom stereocenters. The first kappa shape index (κ1) is 18.7. The summed E-state index contributed by atoms with van der Waals surface area (Å²) in [5.41, 5.74) is 2.09. The van der Waals surface area contributed by atoms with Gasteiger partial charge in [-0.05, 0) is 48.9 Å². The van der Waals surface area contributed by atoms with Crippen molar-refractivity contribution in [3.63, 3.8) is 0 Å². The SMILES string of the molecule is CC(=N/N=C1\NC(=O)CC(C(=O)Nc2ccccc2)S1)c1ccc(O)cc1. The predicted molar refractivity (Wildman–Crippen MR) is 107 cm³/mol. The quantitative estimate of drug-likeness (QED) is 0.559. The van der Waals surface area contributed by atoms with Crippen LogP contribution in [0.4, 0.5) is 5.69 Å². The third kappa shape index (κ3) is 5.18. The average Bonchev–Trinajstić information content (AvgIpc) is 2.67. The van der Waals surface area contributed by atoms with Crippen LogP contribution in [0.5, 0.6) is 5.75 Å². The molecule has 1 heterocycles. The number of aromatic hydroxyl groups is 1. The van der Waals surface area contributed by atoms with E-state index in [2.05, 4.69) is 20.8 Å². The molecular weight excluding hydrogens is 364 g/mol. The number of hydrogen-bond donors (Lipinski definition) is 3. The van der Waals surface area contributed by atoms with Crippen molar-refractivity contribution in [3.05, 3.63) is 60.2 Å². The molecule has 27 heavy (non-hydrogen) atoms. The van der Waals surface area contributed by atoms with E-state index in [1.54, 1.807) is 43.3 Å². The summed E-state index contributed by atoms with van der Waals surface area (Å²) < 4.78 is 0. The molecule has 2 aromatic rings. The van der Waals surface area contributed by atoms with Crippen molar-refractivity contribution in [2.24, 2.45) is 10.2 Å². The van der Waals surface area contributed by atoms with Gasteiger partial charge in [0, 0.05) is 12.1 Å². The highest BCUT2D eigenvalue weighted by molar-refractivity contribution is 8.15. The highest BCUT2D eigenvalue weighted by Gasteiger charge is 2.30. The predicted octanol–water partition coefficient (Wildman–Crippen LogP) is 2.73. The van der Waals surface area contributed by atoms with Gasteiger partial charge in [0.15, 0.2) is 5.17 Å². The number of para-hydroxylation sites is 1. The van der Waals surface area contributed by atoms with Crippen LogP contribution in [0.15, 0.2) is 64.8 Å². The van der Waals surface area contributed by atoms with Crippen molar-refractivity contribution in [2.45, 2.75) is 18.6 Å². The highest BCUT2D eigenvalue weighted by atomic mass is 32.2. The highest BCUT2D eigenvalue weighted by Crippen LogP contribution is 2.22. The molecule has 1 aliphatic heterocycles. The van der Waals surface area contributed by atoms with Crippen LogP contribution in [0.3, 0.4) is 0 Å². The molecule has 1 atom stereocenters. The Labute approximate surface area is 160 Å². The standard InChI is InChI=1S/C19H18N4O3S/c1-12(13-7-9-15(24)10-8-13)22-23-19-21-17(25)11-16(27-19)18(26)20-14-5-3-2-4-6-14/h2-10,16,24H,11H2,1H3,(H,20,26)(H,21,23,25). The monoisotopic (exact) mass is 382 g/mol. The largest absolute Gasteiger partial charge is 0.508 e. The number of hydrogen-bond acceptors (Lipinski definition) is 6. The van der Waals surface area contributed by atoms with Crippen LogP contribution >= 0.6 is 11.8 Å². The van der Waals surface area contributed by atoms with Crippen molar-refractivity contribution in [1.29, 1.82) is 0 Å². The van der Waals surface area contributed by atoms with Crippen LogP contribution in [0, 0.1) is 0 Å². The third-order valence-electron chi connectivity index (χ3n) is 3.78. The van der Waals surface area contributed by atoms with E-state index in [9.17, 15) is 14.7 Å². The van der Waals surface area contributed by atoms with E-state index in [0.717, 1.165) is 17.3 Å². The number of carbonyl (C=O) groups is 2. The number of phenolic OH excluding ortho intramolecular Hbond substituents is 1. The summed E-state index contributed by atoms with van der Waals surface area (Å²) in [6, 6.07) is 15.6. The maximum atomic E-state index is 12.4. The zero-order valence-electron chi connectivity index (χ0n) is 14.5. The number of thioether (sulfide) groups is 1. The van der Waals surface area contributed by atoms with Crippen LogP contribution in [-0.4, -0.2) is 33.1 Å². The number of nitrogens with one attached hydrogen (secondary N) is 2. The van der Waals surface area contributed by atoms with E-state index in [-0.39, 0.29) is 29.2 Å². The van der Waals surface area contributed by atoms with Crippen LogP contribution in [0.25, 0.3) is 0 Å².